The molecule has 0 saturated carbocycles. The van der Waals surface area contributed by atoms with Crippen molar-refractivity contribution in [1.82, 2.24) is 0 Å². The summed E-state index contributed by atoms with van der Waals surface area (Å²) in [5.74, 6) is 0. The van der Waals surface area contributed by atoms with Crippen molar-refractivity contribution < 1.29 is 8.78 Å². The largest absolute Gasteiger partial charge is 0.265 e. The first-order valence-corrected chi connectivity index (χ1v) is 4.69. The first kappa shape index (κ1) is 11.6. The second-order valence-electron chi connectivity index (χ2n) is 4.46. The summed E-state index contributed by atoms with van der Waals surface area (Å²) in [6, 6.07) is 6.38. The average Bonchev–Trinajstić information content (AvgIpc) is 2.15. The van der Waals surface area contributed by atoms with E-state index in [1.54, 1.807) is 12.1 Å². The number of rotatable bonds is 1. The summed E-state index contributed by atoms with van der Waals surface area (Å²) in [7, 11) is 0. The van der Waals surface area contributed by atoms with Gasteiger partial charge in [-0.25, -0.2) is 8.78 Å². The summed E-state index contributed by atoms with van der Waals surface area (Å²) in [5, 5.41) is 8.68. The molecule has 0 amide bonds. The van der Waals surface area contributed by atoms with Crippen molar-refractivity contribution in [3.8, 4) is 6.07 Å². The Bertz CT molecular complexity index is 397. The zero-order chi connectivity index (χ0) is 11.6. The van der Waals surface area contributed by atoms with Crippen LogP contribution >= 0.6 is 0 Å². The van der Waals surface area contributed by atoms with Gasteiger partial charge in [-0.2, -0.15) is 5.26 Å². The summed E-state index contributed by atoms with van der Waals surface area (Å²) in [5.41, 5.74) is 0.511. The normalized spacial score (nSPS) is 11.5. The molecule has 0 spiro atoms. The molecule has 0 aromatic heterocycles. The third kappa shape index (κ3) is 2.53. The third-order valence-corrected chi connectivity index (χ3v) is 2.27. The number of hydrogen-bond donors (Lipinski definition) is 0. The van der Waals surface area contributed by atoms with Crippen molar-refractivity contribution in [3.63, 3.8) is 0 Å². The highest BCUT2D eigenvalue weighted by Gasteiger charge is 2.19. The van der Waals surface area contributed by atoms with Crippen LogP contribution in [0.5, 0.6) is 0 Å². The molecule has 1 rings (SSSR count). The Labute approximate surface area is 88.3 Å². The Kier molecular flexibility index (Phi) is 3.09. The van der Waals surface area contributed by atoms with Crippen LogP contribution in [0.1, 0.15) is 43.9 Å². The molecule has 0 fully saturated rings. The minimum Gasteiger partial charge on any atom is -0.205 e. The van der Waals surface area contributed by atoms with Crippen LogP contribution in [-0.4, -0.2) is 0 Å². The van der Waals surface area contributed by atoms with Crippen molar-refractivity contribution >= 4 is 0 Å². The van der Waals surface area contributed by atoms with E-state index in [0.717, 1.165) is 5.56 Å². The molecule has 0 aliphatic heterocycles. The van der Waals surface area contributed by atoms with Crippen LogP contribution < -0.4 is 0 Å². The lowest BCUT2D eigenvalue weighted by atomic mass is 9.85. The lowest BCUT2D eigenvalue weighted by molar-refractivity contribution is 0.151. The van der Waals surface area contributed by atoms with E-state index in [-0.39, 0.29) is 16.5 Å². The summed E-state index contributed by atoms with van der Waals surface area (Å²) in [6.07, 6.45) is -2.60. The topological polar surface area (TPSA) is 23.8 Å². The maximum Gasteiger partial charge on any atom is 0.265 e. The van der Waals surface area contributed by atoms with Crippen LogP contribution in [0.25, 0.3) is 0 Å². The number of alkyl halides is 2. The fraction of sp³-hybridized carbons (Fsp3) is 0.417. The SMILES string of the molecule is CC(C)(C)c1ccc(C#N)c(C(F)F)c1. The molecule has 0 heterocycles. The molecular formula is C12H13F2N. The van der Waals surface area contributed by atoms with Crippen LogP contribution in [0.15, 0.2) is 18.2 Å². The second kappa shape index (κ2) is 3.98. The van der Waals surface area contributed by atoms with Gasteiger partial charge in [-0.15, -0.1) is 0 Å². The maximum absolute atomic E-state index is 12.6. The summed E-state index contributed by atoms with van der Waals surface area (Å²) >= 11 is 0. The Morgan fingerprint density at radius 1 is 1.27 bits per heavy atom. The van der Waals surface area contributed by atoms with E-state index in [4.69, 9.17) is 5.26 Å². The molecule has 0 atom stereocenters. The van der Waals surface area contributed by atoms with Gasteiger partial charge in [-0.3, -0.25) is 0 Å². The first-order valence-electron chi connectivity index (χ1n) is 4.69. The van der Waals surface area contributed by atoms with Crippen molar-refractivity contribution in [2.24, 2.45) is 0 Å². The van der Waals surface area contributed by atoms with Gasteiger partial charge in [0.1, 0.15) is 0 Å². The Balaban J connectivity index is 3.30. The standard InChI is InChI=1S/C12H13F2N/c1-12(2,3)9-5-4-8(7-15)10(6-9)11(13)14/h4-6,11H,1-3H3. The quantitative estimate of drug-likeness (QED) is 0.690. The van der Waals surface area contributed by atoms with Crippen molar-refractivity contribution in [2.75, 3.05) is 0 Å². The molecule has 0 bridgehead atoms. The van der Waals surface area contributed by atoms with Crippen molar-refractivity contribution in [1.29, 1.82) is 5.26 Å². The number of hydrogen-bond acceptors (Lipinski definition) is 1. The van der Waals surface area contributed by atoms with Crippen molar-refractivity contribution in [2.45, 2.75) is 32.6 Å². The van der Waals surface area contributed by atoms with Gasteiger partial charge in [0.05, 0.1) is 11.6 Å². The fourth-order valence-electron chi connectivity index (χ4n) is 1.31. The molecule has 0 N–H and O–H groups in total. The lowest BCUT2D eigenvalue weighted by Crippen LogP contribution is -2.11. The number of halogens is 2. The average molecular weight is 209 g/mol. The summed E-state index contributed by atoms with van der Waals surface area (Å²) in [6.45, 7) is 5.84. The lowest BCUT2D eigenvalue weighted by Gasteiger charge is -2.20. The van der Waals surface area contributed by atoms with Crippen LogP contribution in [0.2, 0.25) is 0 Å². The van der Waals surface area contributed by atoms with Crippen LogP contribution in [-0.2, 0) is 5.41 Å². The molecular weight excluding hydrogens is 196 g/mol. The van der Waals surface area contributed by atoms with Gasteiger partial charge in [-0.05, 0) is 23.1 Å². The second-order valence-corrected chi connectivity index (χ2v) is 4.46. The maximum atomic E-state index is 12.6. The van der Waals surface area contributed by atoms with Gasteiger partial charge in [-0.1, -0.05) is 26.8 Å². The van der Waals surface area contributed by atoms with Gasteiger partial charge in [0.2, 0.25) is 0 Å². The molecule has 0 unspecified atom stereocenters. The number of benzene rings is 1. The van der Waals surface area contributed by atoms with Crippen LogP contribution in [0, 0.1) is 11.3 Å². The molecule has 1 aromatic rings. The molecule has 0 radical (unpaired) electrons. The Morgan fingerprint density at radius 2 is 1.87 bits per heavy atom. The molecule has 1 nitrogen and oxygen atoms in total. The highest BCUT2D eigenvalue weighted by atomic mass is 19.3. The van der Waals surface area contributed by atoms with Crippen molar-refractivity contribution in [3.05, 3.63) is 34.9 Å². The summed E-state index contributed by atoms with van der Waals surface area (Å²) < 4.78 is 25.3. The zero-order valence-corrected chi connectivity index (χ0v) is 9.01. The van der Waals surface area contributed by atoms with E-state index in [1.165, 1.54) is 12.1 Å². The van der Waals surface area contributed by atoms with Gasteiger partial charge in [0.15, 0.2) is 0 Å². The Morgan fingerprint density at radius 3 is 2.27 bits per heavy atom. The predicted molar refractivity (Wildman–Crippen MR) is 54.8 cm³/mol. The molecule has 0 saturated heterocycles. The highest BCUT2D eigenvalue weighted by molar-refractivity contribution is 5.42. The van der Waals surface area contributed by atoms with E-state index in [2.05, 4.69) is 0 Å². The van der Waals surface area contributed by atoms with Gasteiger partial charge in [0, 0.05) is 5.56 Å². The minimum absolute atomic E-state index is 0.0537. The van der Waals surface area contributed by atoms with Gasteiger partial charge < -0.3 is 0 Å². The van der Waals surface area contributed by atoms with E-state index in [0.29, 0.717) is 0 Å². The van der Waals surface area contributed by atoms with E-state index in [9.17, 15) is 8.78 Å². The highest BCUT2D eigenvalue weighted by Crippen LogP contribution is 2.29. The molecule has 0 aliphatic rings. The van der Waals surface area contributed by atoms with E-state index >= 15 is 0 Å². The molecule has 80 valence electrons. The van der Waals surface area contributed by atoms with Crippen LogP contribution in [0.4, 0.5) is 8.78 Å². The monoisotopic (exact) mass is 209 g/mol. The van der Waals surface area contributed by atoms with Crippen LogP contribution in [0.3, 0.4) is 0 Å². The van der Waals surface area contributed by atoms with E-state index < -0.39 is 6.43 Å². The number of nitriles is 1. The number of nitrogens with zero attached hydrogens (tertiary/aromatic N) is 1. The third-order valence-electron chi connectivity index (χ3n) is 2.27. The van der Waals surface area contributed by atoms with Gasteiger partial charge >= 0.3 is 0 Å². The molecule has 1 aromatic carbocycles. The smallest absolute Gasteiger partial charge is 0.205 e. The minimum atomic E-state index is -2.60. The molecule has 15 heavy (non-hydrogen) atoms. The fourth-order valence-corrected chi connectivity index (χ4v) is 1.31. The van der Waals surface area contributed by atoms with Gasteiger partial charge in [0.25, 0.3) is 6.43 Å². The van der Waals surface area contributed by atoms with E-state index in [1.807, 2.05) is 20.8 Å². The summed E-state index contributed by atoms with van der Waals surface area (Å²) in [4.78, 5) is 0. The Hall–Kier alpha value is -1.43. The zero-order valence-electron chi connectivity index (χ0n) is 9.01. The molecule has 3 heteroatoms. The first-order chi connectivity index (χ1) is 6.86. The molecule has 0 aliphatic carbocycles. The predicted octanol–water partition coefficient (Wildman–Crippen LogP) is 3.79.